The van der Waals surface area contributed by atoms with Gasteiger partial charge in [-0.1, -0.05) is 30.3 Å². The van der Waals surface area contributed by atoms with Gasteiger partial charge in [0, 0.05) is 45.0 Å². The third-order valence-electron chi connectivity index (χ3n) is 8.04. The van der Waals surface area contributed by atoms with Gasteiger partial charge in [-0.15, -0.1) is 0 Å². The summed E-state index contributed by atoms with van der Waals surface area (Å²) < 4.78 is 70.3. The van der Waals surface area contributed by atoms with Gasteiger partial charge in [0.2, 0.25) is 0 Å². The number of alkyl halides is 3. The predicted molar refractivity (Wildman–Crippen MR) is 135 cm³/mol. The molecule has 0 aromatic heterocycles. The Labute approximate surface area is 223 Å². The molecule has 2 aliphatic rings. The fourth-order valence-electron chi connectivity index (χ4n) is 5.61. The van der Waals surface area contributed by atoms with E-state index in [0.717, 1.165) is 46.9 Å². The van der Waals surface area contributed by atoms with Crippen molar-refractivity contribution in [3.63, 3.8) is 0 Å². The normalized spacial score (nSPS) is 19.9. The van der Waals surface area contributed by atoms with Gasteiger partial charge in [0.1, 0.15) is 17.2 Å². The molecule has 1 aliphatic carbocycles. The molecule has 0 radical (unpaired) electrons. The number of anilines is 1. The van der Waals surface area contributed by atoms with Gasteiger partial charge < -0.3 is 20.2 Å². The molecular formula is C28H32F5N3O3. The van der Waals surface area contributed by atoms with Crippen LogP contribution in [0.4, 0.5) is 27.6 Å². The van der Waals surface area contributed by atoms with Gasteiger partial charge in [-0.05, 0) is 55.6 Å². The van der Waals surface area contributed by atoms with E-state index in [1.807, 2.05) is 0 Å². The minimum Gasteiger partial charge on any atom is -0.385 e. The van der Waals surface area contributed by atoms with Crippen LogP contribution in [0.5, 0.6) is 0 Å². The van der Waals surface area contributed by atoms with Crippen molar-refractivity contribution in [3.05, 3.63) is 65.2 Å². The topological polar surface area (TPSA) is 72.9 Å². The molecule has 2 aromatic rings. The van der Waals surface area contributed by atoms with Crippen molar-refractivity contribution in [2.45, 2.75) is 43.9 Å². The maximum absolute atomic E-state index is 14.3. The molecule has 1 heterocycles. The first kappa shape index (κ1) is 28.8. The SMILES string of the molecule is CN(C)C(=O)c1c(F)cc(NCCC[C@H]2CC23CCN(C(=O)[C@](O)(c2ccccc2)C(F)(F)F)CC3)cc1F. The molecule has 1 saturated heterocycles. The van der Waals surface area contributed by atoms with Crippen molar-refractivity contribution in [2.24, 2.45) is 11.3 Å². The van der Waals surface area contributed by atoms with Crippen LogP contribution in [0.2, 0.25) is 0 Å². The molecule has 0 unspecified atom stereocenters. The summed E-state index contributed by atoms with van der Waals surface area (Å²) in [5.74, 6) is -3.64. The number of aliphatic hydroxyl groups is 1. The molecule has 1 spiro atoms. The van der Waals surface area contributed by atoms with E-state index in [4.69, 9.17) is 0 Å². The molecule has 2 aromatic carbocycles. The first-order valence-corrected chi connectivity index (χ1v) is 12.9. The molecule has 1 saturated carbocycles. The van der Waals surface area contributed by atoms with E-state index in [-0.39, 0.29) is 24.2 Å². The number of rotatable bonds is 8. The molecule has 2 amide bonds. The summed E-state index contributed by atoms with van der Waals surface area (Å²) in [6.07, 6.45) is -1.63. The number of hydrogen-bond acceptors (Lipinski definition) is 4. The summed E-state index contributed by atoms with van der Waals surface area (Å²) in [4.78, 5) is 27.1. The van der Waals surface area contributed by atoms with Crippen molar-refractivity contribution in [1.82, 2.24) is 9.80 Å². The summed E-state index contributed by atoms with van der Waals surface area (Å²) in [7, 11) is 2.82. The van der Waals surface area contributed by atoms with E-state index in [9.17, 15) is 36.6 Å². The van der Waals surface area contributed by atoms with Crippen LogP contribution in [0, 0.1) is 23.0 Å². The molecule has 212 valence electrons. The maximum atomic E-state index is 14.3. The number of halogens is 5. The van der Waals surface area contributed by atoms with E-state index in [0.29, 0.717) is 31.7 Å². The van der Waals surface area contributed by atoms with Gasteiger partial charge in [0.25, 0.3) is 17.4 Å². The molecular weight excluding hydrogens is 521 g/mol. The molecule has 11 heteroatoms. The summed E-state index contributed by atoms with van der Waals surface area (Å²) in [6, 6.07) is 8.58. The van der Waals surface area contributed by atoms with Crippen LogP contribution < -0.4 is 5.32 Å². The van der Waals surface area contributed by atoms with Crippen LogP contribution in [0.3, 0.4) is 0 Å². The van der Waals surface area contributed by atoms with Gasteiger partial charge in [-0.25, -0.2) is 8.78 Å². The lowest BCUT2D eigenvalue weighted by atomic mass is 9.86. The molecule has 6 nitrogen and oxygen atoms in total. The standard InChI is InChI=1S/C28H32F5N3O3/c1-35(2)24(37)23-21(29)15-20(16-22(23)30)34-12-6-9-19-17-26(19)10-13-36(14-11-26)25(38)27(39,28(31,32)33)18-7-4-3-5-8-18/h3-5,7-8,15-16,19,34,39H,6,9-14,17H2,1-2H3/t19-,27+/m0/s1. The largest absolute Gasteiger partial charge is 0.430 e. The number of hydrogen-bond donors (Lipinski definition) is 2. The molecule has 1 aliphatic heterocycles. The number of carbonyl (C=O) groups excluding carboxylic acids is 2. The Hall–Kier alpha value is -3.21. The lowest BCUT2D eigenvalue weighted by Crippen LogP contribution is -2.57. The van der Waals surface area contributed by atoms with Crippen molar-refractivity contribution in [2.75, 3.05) is 39.0 Å². The molecule has 0 bridgehead atoms. The number of carbonyl (C=O) groups is 2. The monoisotopic (exact) mass is 553 g/mol. The van der Waals surface area contributed by atoms with Gasteiger partial charge in [0.15, 0.2) is 0 Å². The van der Waals surface area contributed by atoms with E-state index >= 15 is 0 Å². The van der Waals surface area contributed by atoms with E-state index in [1.54, 1.807) is 0 Å². The summed E-state index contributed by atoms with van der Waals surface area (Å²) in [5, 5.41) is 13.6. The number of amides is 2. The minimum atomic E-state index is -5.16. The zero-order chi connectivity index (χ0) is 28.6. The zero-order valence-corrected chi connectivity index (χ0v) is 21.8. The molecule has 4 rings (SSSR count). The second-order valence-corrected chi connectivity index (χ2v) is 10.7. The van der Waals surface area contributed by atoms with E-state index in [1.165, 1.54) is 32.3 Å². The molecule has 2 atom stereocenters. The van der Waals surface area contributed by atoms with Gasteiger partial charge in [-0.3, -0.25) is 9.59 Å². The highest BCUT2D eigenvalue weighted by Gasteiger charge is 2.63. The molecule has 2 N–H and O–H groups in total. The van der Waals surface area contributed by atoms with Crippen LogP contribution in [0.1, 0.15) is 48.0 Å². The number of nitrogens with one attached hydrogen (secondary N) is 1. The number of benzene rings is 2. The first-order valence-electron chi connectivity index (χ1n) is 12.9. The highest BCUT2D eigenvalue weighted by atomic mass is 19.4. The third-order valence-corrected chi connectivity index (χ3v) is 8.04. The maximum Gasteiger partial charge on any atom is 0.430 e. The molecule has 39 heavy (non-hydrogen) atoms. The average molecular weight is 554 g/mol. The van der Waals surface area contributed by atoms with Crippen molar-refractivity contribution in [3.8, 4) is 0 Å². The Bertz CT molecular complexity index is 1190. The fourth-order valence-corrected chi connectivity index (χ4v) is 5.61. The van der Waals surface area contributed by atoms with Gasteiger partial charge in [0.05, 0.1) is 0 Å². The van der Waals surface area contributed by atoms with E-state index < -0.39 is 46.4 Å². The quantitative estimate of drug-likeness (QED) is 0.359. The highest BCUT2D eigenvalue weighted by Crippen LogP contribution is 2.61. The van der Waals surface area contributed by atoms with Crippen molar-refractivity contribution in [1.29, 1.82) is 0 Å². The van der Waals surface area contributed by atoms with Gasteiger partial charge in [-0.2, -0.15) is 13.2 Å². The Morgan fingerprint density at radius 3 is 2.21 bits per heavy atom. The average Bonchev–Trinajstić information content (AvgIpc) is 3.56. The van der Waals surface area contributed by atoms with E-state index in [2.05, 4.69) is 5.32 Å². The van der Waals surface area contributed by atoms with Crippen LogP contribution in [-0.4, -0.2) is 66.6 Å². The summed E-state index contributed by atoms with van der Waals surface area (Å²) in [6.45, 7) is 0.720. The predicted octanol–water partition coefficient (Wildman–Crippen LogP) is 4.94. The molecule has 2 fully saturated rings. The smallest absolute Gasteiger partial charge is 0.385 e. The highest BCUT2D eigenvalue weighted by molar-refractivity contribution is 5.94. The third kappa shape index (κ3) is 5.59. The Morgan fingerprint density at radius 2 is 1.67 bits per heavy atom. The van der Waals surface area contributed by atoms with Crippen LogP contribution in [0.25, 0.3) is 0 Å². The minimum absolute atomic E-state index is 0.0354. The second-order valence-electron chi connectivity index (χ2n) is 10.7. The Morgan fingerprint density at radius 1 is 1.08 bits per heavy atom. The lowest BCUT2D eigenvalue weighted by molar-refractivity contribution is -0.262. The van der Waals surface area contributed by atoms with Gasteiger partial charge >= 0.3 is 6.18 Å². The van der Waals surface area contributed by atoms with Crippen LogP contribution in [0.15, 0.2) is 42.5 Å². The Balaban J connectivity index is 1.27. The number of likely N-dealkylation sites (tertiary alicyclic amines) is 1. The Kier molecular flexibility index (Phi) is 7.93. The zero-order valence-electron chi connectivity index (χ0n) is 21.8. The number of nitrogens with zero attached hydrogens (tertiary/aromatic N) is 2. The lowest BCUT2D eigenvalue weighted by Gasteiger charge is -2.39. The van der Waals surface area contributed by atoms with Crippen molar-refractivity contribution >= 4 is 17.5 Å². The van der Waals surface area contributed by atoms with Crippen LogP contribution >= 0.6 is 0 Å². The second kappa shape index (κ2) is 10.7. The summed E-state index contributed by atoms with van der Waals surface area (Å²) >= 11 is 0. The van der Waals surface area contributed by atoms with Crippen molar-refractivity contribution < 1.29 is 36.6 Å². The van der Waals surface area contributed by atoms with Crippen LogP contribution in [-0.2, 0) is 10.4 Å². The first-order chi connectivity index (χ1) is 18.3. The summed E-state index contributed by atoms with van der Waals surface area (Å²) in [5.41, 5.74) is -4.50. The fraction of sp³-hybridized carbons (Fsp3) is 0.500. The number of piperidine rings is 1.